The molecule has 86 valence electrons. The Morgan fingerprint density at radius 1 is 1.25 bits per heavy atom. The molecule has 2 unspecified atom stereocenters. The third kappa shape index (κ3) is 2.40. The van der Waals surface area contributed by atoms with Crippen LogP contribution in [0.2, 0.25) is 10.0 Å². The monoisotopic (exact) mass is 257 g/mol. The van der Waals surface area contributed by atoms with Crippen molar-refractivity contribution in [1.29, 1.82) is 0 Å². The number of nitrogens with two attached hydrogens (primary N) is 1. The van der Waals surface area contributed by atoms with E-state index in [4.69, 9.17) is 28.9 Å². The first-order valence-electron chi connectivity index (χ1n) is 5.33. The van der Waals surface area contributed by atoms with Gasteiger partial charge in [0, 0.05) is 17.5 Å². The van der Waals surface area contributed by atoms with Crippen LogP contribution in [0.25, 0.3) is 0 Å². The molecule has 16 heavy (non-hydrogen) atoms. The van der Waals surface area contributed by atoms with Gasteiger partial charge in [-0.05, 0) is 37.5 Å². The van der Waals surface area contributed by atoms with Gasteiger partial charge in [-0.3, -0.25) is 4.79 Å². The molecule has 0 saturated heterocycles. The average molecular weight is 258 g/mol. The molecule has 1 aliphatic carbocycles. The standard InChI is InChI=1S/C12H13Cl2NO/c13-10-4-2-8(6-11(10)14)12(16)7-1-3-9(15)5-7/h2,4,6-7,9H,1,3,5,15H2. The maximum Gasteiger partial charge on any atom is 0.166 e. The summed E-state index contributed by atoms with van der Waals surface area (Å²) in [6, 6.07) is 5.18. The molecule has 2 rings (SSSR count). The largest absolute Gasteiger partial charge is 0.328 e. The maximum absolute atomic E-state index is 12.1. The number of Topliss-reactive ketones (excluding diaryl/α,β-unsaturated/α-hetero) is 1. The molecule has 1 aromatic carbocycles. The molecule has 0 spiro atoms. The first-order valence-corrected chi connectivity index (χ1v) is 6.08. The smallest absolute Gasteiger partial charge is 0.166 e. The van der Waals surface area contributed by atoms with Gasteiger partial charge in [-0.2, -0.15) is 0 Å². The minimum Gasteiger partial charge on any atom is -0.328 e. The molecule has 1 aliphatic rings. The molecule has 2 nitrogen and oxygen atoms in total. The lowest BCUT2D eigenvalue weighted by molar-refractivity contribution is 0.0922. The van der Waals surface area contributed by atoms with Crippen molar-refractivity contribution in [2.45, 2.75) is 25.3 Å². The normalized spacial score (nSPS) is 24.7. The van der Waals surface area contributed by atoms with Crippen LogP contribution in [0.5, 0.6) is 0 Å². The molecule has 4 heteroatoms. The number of ketones is 1. The molecule has 1 fully saturated rings. The van der Waals surface area contributed by atoms with E-state index < -0.39 is 0 Å². The number of benzene rings is 1. The van der Waals surface area contributed by atoms with Crippen molar-refractivity contribution >= 4 is 29.0 Å². The molecule has 0 amide bonds. The number of hydrogen-bond donors (Lipinski definition) is 1. The van der Waals surface area contributed by atoms with E-state index in [2.05, 4.69) is 0 Å². The Bertz CT molecular complexity index is 419. The van der Waals surface area contributed by atoms with Crippen LogP contribution in [0.3, 0.4) is 0 Å². The zero-order chi connectivity index (χ0) is 11.7. The lowest BCUT2D eigenvalue weighted by atomic mass is 9.96. The third-order valence-corrected chi connectivity index (χ3v) is 3.79. The average Bonchev–Trinajstić information content (AvgIpc) is 2.68. The van der Waals surface area contributed by atoms with Crippen LogP contribution in [0.4, 0.5) is 0 Å². The van der Waals surface area contributed by atoms with Crippen LogP contribution < -0.4 is 5.73 Å². The molecular weight excluding hydrogens is 245 g/mol. The summed E-state index contributed by atoms with van der Waals surface area (Å²) in [5.41, 5.74) is 6.43. The molecule has 0 heterocycles. The van der Waals surface area contributed by atoms with Gasteiger partial charge < -0.3 is 5.73 Å². The van der Waals surface area contributed by atoms with E-state index >= 15 is 0 Å². The molecular formula is C12H13Cl2NO. The molecule has 2 N–H and O–H groups in total. The Labute approximate surface area is 105 Å². The van der Waals surface area contributed by atoms with Gasteiger partial charge in [0.15, 0.2) is 5.78 Å². The lowest BCUT2D eigenvalue weighted by Gasteiger charge is -2.09. The maximum atomic E-state index is 12.1. The Balaban J connectivity index is 2.18. The van der Waals surface area contributed by atoms with Crippen LogP contribution in [0.1, 0.15) is 29.6 Å². The fraction of sp³-hybridized carbons (Fsp3) is 0.417. The second-order valence-electron chi connectivity index (χ2n) is 4.26. The van der Waals surface area contributed by atoms with E-state index in [0.717, 1.165) is 19.3 Å². The van der Waals surface area contributed by atoms with Crippen LogP contribution >= 0.6 is 23.2 Å². The van der Waals surface area contributed by atoms with Crippen molar-refractivity contribution in [2.24, 2.45) is 11.7 Å². The van der Waals surface area contributed by atoms with Crippen molar-refractivity contribution in [3.63, 3.8) is 0 Å². The zero-order valence-corrected chi connectivity index (χ0v) is 10.3. The predicted octanol–water partition coefficient (Wildman–Crippen LogP) is 3.30. The van der Waals surface area contributed by atoms with E-state index in [1.165, 1.54) is 0 Å². The quantitative estimate of drug-likeness (QED) is 0.827. The summed E-state index contributed by atoms with van der Waals surface area (Å²) in [7, 11) is 0. The molecule has 0 radical (unpaired) electrons. The summed E-state index contributed by atoms with van der Waals surface area (Å²) in [4.78, 5) is 12.1. The number of carbonyl (C=O) groups excluding carboxylic acids is 1. The van der Waals surface area contributed by atoms with Crippen molar-refractivity contribution in [3.8, 4) is 0 Å². The van der Waals surface area contributed by atoms with Crippen LogP contribution in [-0.4, -0.2) is 11.8 Å². The van der Waals surface area contributed by atoms with Gasteiger partial charge in [0.05, 0.1) is 10.0 Å². The van der Waals surface area contributed by atoms with Crippen molar-refractivity contribution in [1.82, 2.24) is 0 Å². The molecule has 0 bridgehead atoms. The molecule has 2 atom stereocenters. The zero-order valence-electron chi connectivity index (χ0n) is 8.75. The molecule has 0 aromatic heterocycles. The number of carbonyl (C=O) groups is 1. The minimum absolute atomic E-state index is 0.0484. The summed E-state index contributed by atoms with van der Waals surface area (Å²) < 4.78 is 0. The van der Waals surface area contributed by atoms with Crippen LogP contribution in [-0.2, 0) is 0 Å². The van der Waals surface area contributed by atoms with Gasteiger partial charge in [-0.15, -0.1) is 0 Å². The van der Waals surface area contributed by atoms with Gasteiger partial charge in [0.1, 0.15) is 0 Å². The Kier molecular flexibility index (Phi) is 3.53. The van der Waals surface area contributed by atoms with Crippen molar-refractivity contribution in [2.75, 3.05) is 0 Å². The summed E-state index contributed by atoms with van der Waals surface area (Å²) in [6.45, 7) is 0. The van der Waals surface area contributed by atoms with Gasteiger partial charge in [-0.1, -0.05) is 23.2 Å². The molecule has 1 saturated carbocycles. The van der Waals surface area contributed by atoms with Crippen LogP contribution in [0.15, 0.2) is 18.2 Å². The number of halogens is 2. The summed E-state index contributed by atoms with van der Waals surface area (Å²) in [6.07, 6.45) is 2.58. The number of rotatable bonds is 2. The predicted molar refractivity (Wildman–Crippen MR) is 66.1 cm³/mol. The van der Waals surface area contributed by atoms with E-state index in [1.54, 1.807) is 18.2 Å². The summed E-state index contributed by atoms with van der Waals surface area (Å²) in [5.74, 6) is 0.179. The van der Waals surface area contributed by atoms with Crippen molar-refractivity contribution in [3.05, 3.63) is 33.8 Å². The van der Waals surface area contributed by atoms with Gasteiger partial charge in [-0.25, -0.2) is 0 Å². The van der Waals surface area contributed by atoms with Gasteiger partial charge >= 0.3 is 0 Å². The van der Waals surface area contributed by atoms with Gasteiger partial charge in [0.25, 0.3) is 0 Å². The van der Waals surface area contributed by atoms with E-state index in [0.29, 0.717) is 15.6 Å². The summed E-state index contributed by atoms with van der Waals surface area (Å²) in [5, 5.41) is 0.899. The van der Waals surface area contributed by atoms with E-state index in [1.807, 2.05) is 0 Å². The van der Waals surface area contributed by atoms with Crippen molar-refractivity contribution < 1.29 is 4.79 Å². The highest BCUT2D eigenvalue weighted by Crippen LogP contribution is 2.29. The first kappa shape index (κ1) is 11.9. The Morgan fingerprint density at radius 3 is 2.56 bits per heavy atom. The fourth-order valence-corrected chi connectivity index (χ4v) is 2.44. The third-order valence-electron chi connectivity index (χ3n) is 3.05. The molecule has 0 aliphatic heterocycles. The van der Waals surface area contributed by atoms with E-state index in [-0.39, 0.29) is 17.7 Å². The Hall–Kier alpha value is -0.570. The first-order chi connectivity index (χ1) is 7.58. The van der Waals surface area contributed by atoms with E-state index in [9.17, 15) is 4.79 Å². The van der Waals surface area contributed by atoms with Crippen LogP contribution in [0, 0.1) is 5.92 Å². The molecule has 1 aromatic rings. The SMILES string of the molecule is NC1CCC(C(=O)c2ccc(Cl)c(Cl)c2)C1. The highest BCUT2D eigenvalue weighted by molar-refractivity contribution is 6.42. The Morgan fingerprint density at radius 2 is 2.00 bits per heavy atom. The second-order valence-corrected chi connectivity index (χ2v) is 5.08. The lowest BCUT2D eigenvalue weighted by Crippen LogP contribution is -2.18. The van der Waals surface area contributed by atoms with Gasteiger partial charge in [0.2, 0.25) is 0 Å². The topological polar surface area (TPSA) is 43.1 Å². The summed E-state index contributed by atoms with van der Waals surface area (Å²) >= 11 is 11.7. The fourth-order valence-electron chi connectivity index (χ4n) is 2.14. The second kappa shape index (κ2) is 4.74. The highest BCUT2D eigenvalue weighted by Gasteiger charge is 2.28. The highest BCUT2D eigenvalue weighted by atomic mass is 35.5. The number of hydrogen-bond acceptors (Lipinski definition) is 2. The minimum atomic E-state index is 0.0484.